The summed E-state index contributed by atoms with van der Waals surface area (Å²) in [5, 5.41) is 12.2. The van der Waals surface area contributed by atoms with Crippen LogP contribution in [0.15, 0.2) is 30.3 Å². The number of amides is 2. The molecule has 136 valence electrons. The van der Waals surface area contributed by atoms with Crippen molar-refractivity contribution >= 4 is 17.8 Å². The van der Waals surface area contributed by atoms with Gasteiger partial charge in [0.2, 0.25) is 11.8 Å². The Morgan fingerprint density at radius 2 is 1.96 bits per heavy atom. The fourth-order valence-electron chi connectivity index (χ4n) is 3.21. The van der Waals surface area contributed by atoms with Gasteiger partial charge in [0.1, 0.15) is 6.04 Å². The van der Waals surface area contributed by atoms with Crippen molar-refractivity contribution in [2.24, 2.45) is 0 Å². The van der Waals surface area contributed by atoms with E-state index in [0.717, 1.165) is 19.3 Å². The highest BCUT2D eigenvalue weighted by atomic mass is 16.4. The summed E-state index contributed by atoms with van der Waals surface area (Å²) in [6, 6.07) is 8.36. The first-order valence-electron chi connectivity index (χ1n) is 8.89. The molecule has 0 aliphatic carbocycles. The number of nitrogens with one attached hydrogen (secondary N) is 1. The zero-order chi connectivity index (χ0) is 18.2. The van der Waals surface area contributed by atoms with E-state index in [4.69, 9.17) is 0 Å². The quantitative estimate of drug-likeness (QED) is 0.792. The van der Waals surface area contributed by atoms with Crippen molar-refractivity contribution in [1.29, 1.82) is 0 Å². The highest BCUT2D eigenvalue weighted by Crippen LogP contribution is 2.20. The number of carbonyl (C=O) groups is 3. The summed E-state index contributed by atoms with van der Waals surface area (Å²) < 4.78 is 0. The Kier molecular flexibility index (Phi) is 6.98. The van der Waals surface area contributed by atoms with E-state index < -0.39 is 17.9 Å². The molecule has 1 fully saturated rings. The Balaban J connectivity index is 2.01. The lowest BCUT2D eigenvalue weighted by Crippen LogP contribution is -2.52. The number of likely N-dealkylation sites (tertiary alicyclic amines) is 1. The van der Waals surface area contributed by atoms with Crippen molar-refractivity contribution in [2.75, 3.05) is 13.1 Å². The first-order valence-corrected chi connectivity index (χ1v) is 8.89. The summed E-state index contributed by atoms with van der Waals surface area (Å²) in [5.74, 6) is -2.03. The second-order valence-corrected chi connectivity index (χ2v) is 6.40. The third-order valence-electron chi connectivity index (χ3n) is 4.57. The van der Waals surface area contributed by atoms with E-state index in [2.05, 4.69) is 5.32 Å². The lowest BCUT2D eigenvalue weighted by atomic mass is 9.98. The van der Waals surface area contributed by atoms with Crippen LogP contribution in [0.3, 0.4) is 0 Å². The first-order chi connectivity index (χ1) is 12.0. The molecular weight excluding hydrogens is 320 g/mol. The third-order valence-corrected chi connectivity index (χ3v) is 4.57. The summed E-state index contributed by atoms with van der Waals surface area (Å²) in [4.78, 5) is 38.0. The van der Waals surface area contributed by atoms with Gasteiger partial charge >= 0.3 is 5.97 Å². The number of piperidine rings is 1. The summed E-state index contributed by atoms with van der Waals surface area (Å²) in [6.45, 7) is 2.55. The van der Waals surface area contributed by atoms with Gasteiger partial charge in [0.25, 0.3) is 0 Å². The zero-order valence-corrected chi connectivity index (χ0v) is 14.6. The average molecular weight is 346 g/mol. The Labute approximate surface area is 148 Å². The van der Waals surface area contributed by atoms with Crippen LogP contribution in [-0.2, 0) is 14.4 Å². The van der Waals surface area contributed by atoms with Gasteiger partial charge < -0.3 is 15.3 Å². The van der Waals surface area contributed by atoms with Crippen LogP contribution < -0.4 is 5.32 Å². The van der Waals surface area contributed by atoms with Gasteiger partial charge in [-0.3, -0.25) is 14.4 Å². The van der Waals surface area contributed by atoms with Crippen molar-refractivity contribution in [2.45, 2.75) is 51.0 Å². The van der Waals surface area contributed by atoms with Crippen LogP contribution in [0.1, 0.15) is 50.5 Å². The molecule has 1 aromatic carbocycles. The number of carboxylic acids is 1. The smallest absolute Gasteiger partial charge is 0.312 e. The van der Waals surface area contributed by atoms with Crippen molar-refractivity contribution in [3.05, 3.63) is 35.9 Å². The fraction of sp³-hybridized carbons (Fsp3) is 0.526. The molecule has 0 bridgehead atoms. The number of benzene rings is 1. The second kappa shape index (κ2) is 9.20. The van der Waals surface area contributed by atoms with Gasteiger partial charge in [0.05, 0.1) is 5.92 Å². The molecule has 1 aliphatic rings. The van der Waals surface area contributed by atoms with E-state index in [0.29, 0.717) is 24.9 Å². The van der Waals surface area contributed by atoms with Crippen LogP contribution in [0.2, 0.25) is 0 Å². The second-order valence-electron chi connectivity index (χ2n) is 6.40. The number of rotatable bonds is 7. The monoisotopic (exact) mass is 346 g/mol. The van der Waals surface area contributed by atoms with Gasteiger partial charge in [-0.25, -0.2) is 0 Å². The molecule has 0 spiro atoms. The summed E-state index contributed by atoms with van der Waals surface area (Å²) in [7, 11) is 0. The van der Waals surface area contributed by atoms with E-state index in [-0.39, 0.29) is 18.4 Å². The van der Waals surface area contributed by atoms with E-state index in [1.54, 1.807) is 29.2 Å². The molecule has 6 heteroatoms. The van der Waals surface area contributed by atoms with Crippen LogP contribution in [0, 0.1) is 0 Å². The molecule has 1 saturated heterocycles. The van der Waals surface area contributed by atoms with Crippen LogP contribution in [-0.4, -0.2) is 46.9 Å². The Hall–Kier alpha value is -2.37. The molecule has 2 atom stereocenters. The molecule has 0 aromatic heterocycles. The molecule has 2 rings (SSSR count). The molecule has 1 heterocycles. The minimum absolute atomic E-state index is 0.000180. The number of hydrogen-bond acceptors (Lipinski definition) is 3. The van der Waals surface area contributed by atoms with Crippen molar-refractivity contribution in [3.8, 4) is 0 Å². The number of carbonyl (C=O) groups excluding carboxylic acids is 2. The van der Waals surface area contributed by atoms with Crippen LogP contribution in [0.25, 0.3) is 0 Å². The molecule has 0 radical (unpaired) electrons. The maximum Gasteiger partial charge on any atom is 0.312 e. The maximum absolute atomic E-state index is 12.6. The van der Waals surface area contributed by atoms with E-state index in [1.807, 2.05) is 13.0 Å². The van der Waals surface area contributed by atoms with Crippen molar-refractivity contribution < 1.29 is 19.5 Å². The third kappa shape index (κ3) is 5.05. The molecule has 2 unspecified atom stereocenters. The van der Waals surface area contributed by atoms with Crippen molar-refractivity contribution in [1.82, 2.24) is 10.2 Å². The SMILES string of the molecule is CCCC(=O)N1CCCCC1C(=O)NCC(C(=O)O)c1ccccc1. The maximum atomic E-state index is 12.6. The van der Waals surface area contributed by atoms with E-state index in [1.165, 1.54) is 0 Å². The van der Waals surface area contributed by atoms with Crippen LogP contribution in [0.5, 0.6) is 0 Å². The summed E-state index contributed by atoms with van der Waals surface area (Å²) in [5.41, 5.74) is 0.651. The van der Waals surface area contributed by atoms with E-state index >= 15 is 0 Å². The zero-order valence-electron chi connectivity index (χ0n) is 14.6. The average Bonchev–Trinajstić information content (AvgIpc) is 2.62. The number of nitrogens with zero attached hydrogens (tertiary/aromatic N) is 1. The minimum atomic E-state index is -0.978. The van der Waals surface area contributed by atoms with Gasteiger partial charge in [0.15, 0.2) is 0 Å². The molecular formula is C19H26N2O4. The molecule has 25 heavy (non-hydrogen) atoms. The van der Waals surface area contributed by atoms with Gasteiger partial charge in [-0.1, -0.05) is 37.3 Å². The van der Waals surface area contributed by atoms with Crippen molar-refractivity contribution in [3.63, 3.8) is 0 Å². The predicted octanol–water partition coefficient (Wildman–Crippen LogP) is 2.15. The molecule has 0 saturated carbocycles. The van der Waals surface area contributed by atoms with Gasteiger partial charge in [-0.15, -0.1) is 0 Å². The first kappa shape index (κ1) is 19.0. The lowest BCUT2D eigenvalue weighted by Gasteiger charge is -2.35. The molecule has 2 amide bonds. The molecule has 6 nitrogen and oxygen atoms in total. The molecule has 2 N–H and O–H groups in total. The fourth-order valence-corrected chi connectivity index (χ4v) is 3.21. The van der Waals surface area contributed by atoms with E-state index in [9.17, 15) is 19.5 Å². The topological polar surface area (TPSA) is 86.7 Å². The number of carboxylic acid groups (broad SMARTS) is 1. The van der Waals surface area contributed by atoms with Gasteiger partial charge in [-0.2, -0.15) is 0 Å². The molecule has 1 aromatic rings. The van der Waals surface area contributed by atoms with Gasteiger partial charge in [-0.05, 0) is 31.2 Å². The van der Waals surface area contributed by atoms with Crippen LogP contribution in [0.4, 0.5) is 0 Å². The van der Waals surface area contributed by atoms with Crippen LogP contribution >= 0.6 is 0 Å². The lowest BCUT2D eigenvalue weighted by molar-refractivity contribution is -0.143. The minimum Gasteiger partial charge on any atom is -0.481 e. The predicted molar refractivity (Wildman–Crippen MR) is 94.1 cm³/mol. The summed E-state index contributed by atoms with van der Waals surface area (Å²) in [6.07, 6.45) is 3.62. The Morgan fingerprint density at radius 1 is 1.24 bits per heavy atom. The standard InChI is InChI=1S/C19H26N2O4/c1-2-8-17(22)21-12-7-6-11-16(21)18(23)20-13-15(19(24)25)14-9-4-3-5-10-14/h3-5,9-10,15-16H,2,6-8,11-13H2,1H3,(H,20,23)(H,24,25). The number of hydrogen-bond donors (Lipinski definition) is 2. The highest BCUT2D eigenvalue weighted by Gasteiger charge is 2.32. The molecule has 1 aliphatic heterocycles. The summed E-state index contributed by atoms with van der Waals surface area (Å²) >= 11 is 0. The highest BCUT2D eigenvalue weighted by molar-refractivity contribution is 5.88. The Bertz CT molecular complexity index is 603. The largest absolute Gasteiger partial charge is 0.481 e. The number of aliphatic carboxylic acids is 1. The van der Waals surface area contributed by atoms with Gasteiger partial charge in [0, 0.05) is 19.5 Å². The Morgan fingerprint density at radius 3 is 2.60 bits per heavy atom. The normalized spacial score (nSPS) is 18.4.